The molecule has 9 aromatic carbocycles. The molecule has 1 aliphatic carbocycles. The van der Waals surface area contributed by atoms with E-state index in [9.17, 15) is 0 Å². The van der Waals surface area contributed by atoms with Gasteiger partial charge in [-0.15, -0.1) is 0 Å². The first kappa shape index (κ1) is 26.3. The van der Waals surface area contributed by atoms with Crippen LogP contribution in [0.15, 0.2) is 170 Å². The van der Waals surface area contributed by atoms with Gasteiger partial charge in [-0.05, 0) is 85.6 Å². The van der Waals surface area contributed by atoms with Crippen LogP contribution in [0.25, 0.3) is 110 Å². The van der Waals surface area contributed by atoms with E-state index in [1.54, 1.807) is 0 Å². The van der Waals surface area contributed by atoms with Crippen LogP contribution in [0, 0.1) is 0 Å². The molecule has 0 N–H and O–H groups in total. The van der Waals surface area contributed by atoms with E-state index in [2.05, 4.69) is 179 Å². The fourth-order valence-corrected chi connectivity index (χ4v) is 9.10. The van der Waals surface area contributed by atoms with E-state index in [0.29, 0.717) is 0 Å². The molecular weight excluding hydrogens is 605 g/mol. The van der Waals surface area contributed by atoms with E-state index in [0.717, 1.165) is 0 Å². The van der Waals surface area contributed by atoms with Gasteiger partial charge in [0.05, 0.1) is 22.1 Å². The Hall–Kier alpha value is -6.64. The van der Waals surface area contributed by atoms with Crippen LogP contribution in [-0.2, 0) is 0 Å². The molecule has 0 bridgehead atoms. The summed E-state index contributed by atoms with van der Waals surface area (Å²) in [6.07, 6.45) is 0. The molecule has 230 valence electrons. The lowest BCUT2D eigenvalue weighted by atomic mass is 10.0. The number of benzene rings is 9. The van der Waals surface area contributed by atoms with Crippen molar-refractivity contribution in [2.24, 2.45) is 0 Å². The molecule has 2 heterocycles. The second kappa shape index (κ2) is 9.49. The normalized spacial score (nSPS) is 12.4. The zero-order valence-electron chi connectivity index (χ0n) is 27.1. The minimum atomic E-state index is 1.17. The quantitative estimate of drug-likeness (QED) is 0.179. The monoisotopic (exact) mass is 632 g/mol. The standard InChI is InChI=1S/C48H28N2/c1-2-12-31-26-33(22-20-29(31)10-1)49-44-25-24-40-38-17-7-8-19-43(38)50(48(40)46(44)41-23-21-30-11-3-4-14-35(30)47(41)49)34-27-32-13-9-18-39-36-15-5-6-16-37(36)42(28-34)45(32)39/h1-28H. The molecule has 0 amide bonds. The molecule has 0 fully saturated rings. The van der Waals surface area contributed by atoms with Gasteiger partial charge in [-0.3, -0.25) is 0 Å². The Bertz CT molecular complexity index is 3260. The molecule has 2 nitrogen and oxygen atoms in total. The maximum absolute atomic E-state index is 2.54. The number of rotatable bonds is 2. The van der Waals surface area contributed by atoms with Gasteiger partial charge >= 0.3 is 0 Å². The molecule has 0 spiro atoms. The first-order valence-electron chi connectivity index (χ1n) is 17.4. The van der Waals surface area contributed by atoms with E-state index in [1.807, 2.05) is 0 Å². The molecule has 0 radical (unpaired) electrons. The molecule has 2 heteroatoms. The van der Waals surface area contributed by atoms with Crippen molar-refractivity contribution in [3.05, 3.63) is 170 Å². The summed E-state index contributed by atoms with van der Waals surface area (Å²) in [5, 5.41) is 12.7. The molecule has 0 unspecified atom stereocenters. The number of aromatic nitrogens is 2. The van der Waals surface area contributed by atoms with Gasteiger partial charge in [0.2, 0.25) is 0 Å². The second-order valence-corrected chi connectivity index (χ2v) is 13.7. The summed E-state index contributed by atoms with van der Waals surface area (Å²) in [4.78, 5) is 0. The zero-order valence-corrected chi connectivity index (χ0v) is 27.1. The first-order valence-corrected chi connectivity index (χ1v) is 17.4. The molecule has 12 rings (SSSR count). The number of fused-ring (bicyclic) bond motifs is 13. The number of para-hydroxylation sites is 1. The average molecular weight is 633 g/mol. The lowest BCUT2D eigenvalue weighted by molar-refractivity contribution is 1.18. The Kier molecular flexibility index (Phi) is 5.00. The second-order valence-electron chi connectivity index (χ2n) is 13.7. The highest BCUT2D eigenvalue weighted by molar-refractivity contribution is 6.29. The summed E-state index contributed by atoms with van der Waals surface area (Å²) >= 11 is 0. The van der Waals surface area contributed by atoms with Gasteiger partial charge < -0.3 is 9.13 Å². The lowest BCUT2D eigenvalue weighted by Crippen LogP contribution is -1.96. The summed E-state index contributed by atoms with van der Waals surface area (Å²) in [5.41, 5.74) is 12.5. The highest BCUT2D eigenvalue weighted by atomic mass is 15.0. The van der Waals surface area contributed by atoms with Gasteiger partial charge in [0.25, 0.3) is 0 Å². The smallest absolute Gasteiger partial charge is 0.0641 e. The zero-order chi connectivity index (χ0) is 32.5. The third-order valence-electron chi connectivity index (χ3n) is 11.2. The van der Waals surface area contributed by atoms with Gasteiger partial charge in [-0.1, -0.05) is 133 Å². The van der Waals surface area contributed by atoms with Crippen LogP contribution < -0.4 is 0 Å². The summed E-state index contributed by atoms with van der Waals surface area (Å²) in [6.45, 7) is 0. The van der Waals surface area contributed by atoms with E-state index in [4.69, 9.17) is 0 Å². The fraction of sp³-hybridized carbons (Fsp3) is 0. The Morgan fingerprint density at radius 1 is 0.280 bits per heavy atom. The van der Waals surface area contributed by atoms with Crippen molar-refractivity contribution in [1.82, 2.24) is 9.13 Å². The highest BCUT2D eigenvalue weighted by Crippen LogP contribution is 2.49. The van der Waals surface area contributed by atoms with Crippen LogP contribution in [0.1, 0.15) is 0 Å². The molecule has 11 aromatic rings. The van der Waals surface area contributed by atoms with Crippen LogP contribution >= 0.6 is 0 Å². The van der Waals surface area contributed by atoms with Crippen LogP contribution in [-0.4, -0.2) is 9.13 Å². The Morgan fingerprint density at radius 3 is 1.82 bits per heavy atom. The summed E-state index contributed by atoms with van der Waals surface area (Å²) in [5.74, 6) is 0. The maximum Gasteiger partial charge on any atom is 0.0641 e. The van der Waals surface area contributed by atoms with Crippen molar-refractivity contribution in [2.45, 2.75) is 0 Å². The molecule has 1 aliphatic rings. The van der Waals surface area contributed by atoms with Gasteiger partial charge in [0, 0.05) is 38.3 Å². The predicted molar refractivity (Wildman–Crippen MR) is 212 cm³/mol. The van der Waals surface area contributed by atoms with E-state index >= 15 is 0 Å². The van der Waals surface area contributed by atoms with Crippen molar-refractivity contribution in [3.63, 3.8) is 0 Å². The average Bonchev–Trinajstić information content (AvgIpc) is 3.81. The first-order chi connectivity index (χ1) is 24.8. The lowest BCUT2D eigenvalue weighted by Gasteiger charge is -2.13. The number of nitrogens with zero attached hydrogens (tertiary/aromatic N) is 2. The molecule has 0 saturated heterocycles. The minimum Gasteiger partial charge on any atom is -0.309 e. The third kappa shape index (κ3) is 3.32. The van der Waals surface area contributed by atoms with E-state index in [-0.39, 0.29) is 0 Å². The molecular formula is C48H28N2. The highest BCUT2D eigenvalue weighted by Gasteiger charge is 2.25. The predicted octanol–water partition coefficient (Wildman–Crippen LogP) is 13.0. The van der Waals surface area contributed by atoms with Gasteiger partial charge in [-0.25, -0.2) is 0 Å². The van der Waals surface area contributed by atoms with Crippen LogP contribution in [0.2, 0.25) is 0 Å². The minimum absolute atomic E-state index is 1.17. The number of hydrogen-bond donors (Lipinski definition) is 0. The van der Waals surface area contributed by atoms with Gasteiger partial charge in [0.15, 0.2) is 0 Å². The van der Waals surface area contributed by atoms with Crippen LogP contribution in [0.3, 0.4) is 0 Å². The van der Waals surface area contributed by atoms with Crippen molar-refractivity contribution < 1.29 is 0 Å². The number of hydrogen-bond acceptors (Lipinski definition) is 0. The Labute approximate surface area is 287 Å². The molecule has 0 atom stereocenters. The molecule has 50 heavy (non-hydrogen) atoms. The van der Waals surface area contributed by atoms with Gasteiger partial charge in [0.1, 0.15) is 0 Å². The van der Waals surface area contributed by atoms with Crippen molar-refractivity contribution >= 4 is 75.9 Å². The Balaban J connectivity index is 1.28. The summed E-state index contributed by atoms with van der Waals surface area (Å²) in [6, 6.07) is 63.1. The van der Waals surface area contributed by atoms with Crippen molar-refractivity contribution in [3.8, 4) is 33.6 Å². The molecule has 2 aromatic heterocycles. The maximum atomic E-state index is 2.54. The SMILES string of the molecule is c1ccc2c(c1)-c1cccc3cc(-n4c5ccccc5c5ccc6c(c7ccc8ccccc8c7n6-c6ccc7ccccc7c6)c54)cc-2c13. The van der Waals surface area contributed by atoms with Crippen molar-refractivity contribution in [1.29, 1.82) is 0 Å². The van der Waals surface area contributed by atoms with Gasteiger partial charge in [-0.2, -0.15) is 0 Å². The third-order valence-corrected chi connectivity index (χ3v) is 11.2. The van der Waals surface area contributed by atoms with Crippen LogP contribution in [0.4, 0.5) is 0 Å². The van der Waals surface area contributed by atoms with Crippen molar-refractivity contribution in [2.75, 3.05) is 0 Å². The Morgan fingerprint density at radius 2 is 0.920 bits per heavy atom. The molecule has 0 aliphatic heterocycles. The largest absolute Gasteiger partial charge is 0.309 e. The summed E-state index contributed by atoms with van der Waals surface area (Å²) < 4.78 is 5.04. The topological polar surface area (TPSA) is 9.86 Å². The van der Waals surface area contributed by atoms with E-state index < -0.39 is 0 Å². The summed E-state index contributed by atoms with van der Waals surface area (Å²) in [7, 11) is 0. The van der Waals surface area contributed by atoms with E-state index in [1.165, 1.54) is 110 Å². The van der Waals surface area contributed by atoms with Crippen LogP contribution in [0.5, 0.6) is 0 Å². The fourth-order valence-electron chi connectivity index (χ4n) is 9.10. The molecule has 0 saturated carbocycles.